The number of fused-ring (bicyclic) bond motifs is 1. The molecular weight excluding hydrogens is 242 g/mol. The summed E-state index contributed by atoms with van der Waals surface area (Å²) in [5, 5.41) is 0.716. The number of hydrogen-bond donors (Lipinski definition) is 1. The fourth-order valence-electron chi connectivity index (χ4n) is 2.98. The summed E-state index contributed by atoms with van der Waals surface area (Å²) >= 11 is 1.99. The number of thioether (sulfide) groups is 1. The Hall–Kier alpha value is -1.16. The van der Waals surface area contributed by atoms with E-state index in [1.807, 2.05) is 30.2 Å². The molecule has 0 bridgehead atoms. The summed E-state index contributed by atoms with van der Waals surface area (Å²) in [5.74, 6) is 0. The van der Waals surface area contributed by atoms with Crippen LogP contribution in [0.5, 0.6) is 0 Å². The van der Waals surface area contributed by atoms with Crippen molar-refractivity contribution < 1.29 is 0 Å². The lowest BCUT2D eigenvalue weighted by molar-refractivity contribution is 0.371. The van der Waals surface area contributed by atoms with Crippen molar-refractivity contribution in [2.75, 3.05) is 12.0 Å². The van der Waals surface area contributed by atoms with Gasteiger partial charge in [-0.25, -0.2) is 4.98 Å². The Morgan fingerprint density at radius 1 is 1.33 bits per heavy atom. The van der Waals surface area contributed by atoms with Crippen LogP contribution in [0.4, 0.5) is 5.69 Å². The van der Waals surface area contributed by atoms with E-state index >= 15 is 0 Å². The highest BCUT2D eigenvalue weighted by atomic mass is 32.2. The molecule has 1 aromatic carbocycles. The molecule has 18 heavy (non-hydrogen) atoms. The fourth-order valence-corrected chi connectivity index (χ4v) is 3.97. The van der Waals surface area contributed by atoms with Crippen LogP contribution in [0, 0.1) is 0 Å². The van der Waals surface area contributed by atoms with Gasteiger partial charge in [-0.15, -0.1) is 0 Å². The highest BCUT2D eigenvalue weighted by Crippen LogP contribution is 2.37. The van der Waals surface area contributed by atoms with Gasteiger partial charge in [0, 0.05) is 17.0 Å². The van der Waals surface area contributed by atoms with E-state index in [9.17, 15) is 0 Å². The van der Waals surface area contributed by atoms with Crippen molar-refractivity contribution in [2.24, 2.45) is 0 Å². The van der Waals surface area contributed by atoms with Gasteiger partial charge in [0.05, 0.1) is 17.4 Å². The van der Waals surface area contributed by atoms with E-state index < -0.39 is 0 Å². The quantitative estimate of drug-likeness (QED) is 0.842. The molecule has 0 amide bonds. The zero-order valence-electron chi connectivity index (χ0n) is 10.7. The van der Waals surface area contributed by atoms with Gasteiger partial charge in [-0.05, 0) is 37.3 Å². The Bertz CT molecular complexity index is 549. The zero-order valence-corrected chi connectivity index (χ0v) is 11.5. The first-order chi connectivity index (χ1) is 8.79. The van der Waals surface area contributed by atoms with E-state index in [4.69, 9.17) is 5.73 Å². The van der Waals surface area contributed by atoms with Crippen LogP contribution in [0.25, 0.3) is 11.0 Å². The number of nitrogens with two attached hydrogens (primary N) is 1. The summed E-state index contributed by atoms with van der Waals surface area (Å²) in [7, 11) is 0. The molecule has 1 aliphatic rings. The maximum Gasteiger partial charge on any atom is 0.0961 e. The topological polar surface area (TPSA) is 43.8 Å². The largest absolute Gasteiger partial charge is 0.399 e. The summed E-state index contributed by atoms with van der Waals surface area (Å²) in [5.41, 5.74) is 8.83. The van der Waals surface area contributed by atoms with Gasteiger partial charge in [0.2, 0.25) is 0 Å². The van der Waals surface area contributed by atoms with E-state index in [1.165, 1.54) is 31.2 Å². The first-order valence-corrected chi connectivity index (χ1v) is 7.83. The van der Waals surface area contributed by atoms with Crippen molar-refractivity contribution in [3.8, 4) is 0 Å². The molecule has 3 rings (SSSR count). The van der Waals surface area contributed by atoms with Crippen LogP contribution in [-0.2, 0) is 0 Å². The van der Waals surface area contributed by atoms with Gasteiger partial charge in [0.15, 0.2) is 0 Å². The first kappa shape index (κ1) is 11.9. The smallest absolute Gasteiger partial charge is 0.0961 e. The number of benzene rings is 1. The maximum atomic E-state index is 5.81. The zero-order chi connectivity index (χ0) is 12.5. The molecule has 1 fully saturated rings. The summed E-state index contributed by atoms with van der Waals surface area (Å²) in [6, 6.07) is 6.62. The summed E-state index contributed by atoms with van der Waals surface area (Å²) in [6.07, 6.45) is 9.49. The standard InChI is InChI=1S/C14H19N3S/c1-18-14-5-3-2-4-13(14)17-9-16-11-8-10(15)6-7-12(11)17/h6-9,13-14H,2-5,15H2,1H3. The van der Waals surface area contributed by atoms with Gasteiger partial charge in [-0.2, -0.15) is 11.8 Å². The first-order valence-electron chi connectivity index (χ1n) is 6.54. The van der Waals surface area contributed by atoms with E-state index in [2.05, 4.69) is 21.9 Å². The predicted molar refractivity (Wildman–Crippen MR) is 79.0 cm³/mol. The van der Waals surface area contributed by atoms with E-state index in [0.29, 0.717) is 11.3 Å². The molecule has 0 spiro atoms. The summed E-state index contributed by atoms with van der Waals surface area (Å²) in [6.45, 7) is 0. The Balaban J connectivity index is 2.02. The lowest BCUT2D eigenvalue weighted by Crippen LogP contribution is -2.24. The molecule has 2 unspecified atom stereocenters. The molecule has 1 aliphatic carbocycles. The molecule has 1 aromatic heterocycles. The third-order valence-corrected chi connectivity index (χ3v) is 5.08. The highest BCUT2D eigenvalue weighted by molar-refractivity contribution is 7.99. The number of anilines is 1. The number of hydrogen-bond acceptors (Lipinski definition) is 3. The lowest BCUT2D eigenvalue weighted by Gasteiger charge is -2.31. The molecule has 1 heterocycles. The summed E-state index contributed by atoms with van der Waals surface area (Å²) in [4.78, 5) is 4.50. The third-order valence-electron chi connectivity index (χ3n) is 3.93. The molecule has 96 valence electrons. The van der Waals surface area contributed by atoms with Crippen LogP contribution in [0.15, 0.2) is 24.5 Å². The highest BCUT2D eigenvalue weighted by Gasteiger charge is 2.26. The molecule has 3 nitrogen and oxygen atoms in total. The minimum absolute atomic E-state index is 0.586. The van der Waals surface area contributed by atoms with Crippen molar-refractivity contribution >= 4 is 28.5 Å². The molecular formula is C14H19N3S. The van der Waals surface area contributed by atoms with E-state index in [0.717, 1.165) is 11.2 Å². The van der Waals surface area contributed by atoms with Gasteiger partial charge >= 0.3 is 0 Å². The second-order valence-electron chi connectivity index (χ2n) is 5.03. The van der Waals surface area contributed by atoms with Crippen molar-refractivity contribution in [1.29, 1.82) is 0 Å². The third kappa shape index (κ3) is 1.99. The lowest BCUT2D eigenvalue weighted by atomic mass is 9.94. The van der Waals surface area contributed by atoms with Crippen LogP contribution in [-0.4, -0.2) is 21.1 Å². The van der Waals surface area contributed by atoms with Gasteiger partial charge in [-0.3, -0.25) is 0 Å². The molecule has 4 heteroatoms. The van der Waals surface area contributed by atoms with Crippen LogP contribution in [0.1, 0.15) is 31.7 Å². The second kappa shape index (κ2) is 4.84. The van der Waals surface area contributed by atoms with E-state index in [-0.39, 0.29) is 0 Å². The average Bonchev–Trinajstić information content (AvgIpc) is 2.81. The minimum atomic E-state index is 0.586. The number of rotatable bonds is 2. The molecule has 2 atom stereocenters. The number of aromatic nitrogens is 2. The number of nitrogens with zero attached hydrogens (tertiary/aromatic N) is 2. The SMILES string of the molecule is CSC1CCCCC1n1cnc2cc(N)ccc21. The molecule has 0 radical (unpaired) electrons. The summed E-state index contributed by atoms with van der Waals surface area (Å²) < 4.78 is 2.36. The van der Waals surface area contributed by atoms with E-state index in [1.54, 1.807) is 0 Å². The van der Waals surface area contributed by atoms with Gasteiger partial charge < -0.3 is 10.3 Å². The molecule has 2 N–H and O–H groups in total. The van der Waals surface area contributed by atoms with Crippen LogP contribution < -0.4 is 5.73 Å². The number of nitrogen functional groups attached to an aromatic ring is 1. The average molecular weight is 261 g/mol. The van der Waals surface area contributed by atoms with Crippen LogP contribution in [0.3, 0.4) is 0 Å². The van der Waals surface area contributed by atoms with Crippen molar-refractivity contribution in [3.05, 3.63) is 24.5 Å². The van der Waals surface area contributed by atoms with Crippen molar-refractivity contribution in [3.63, 3.8) is 0 Å². The van der Waals surface area contributed by atoms with Gasteiger partial charge in [-0.1, -0.05) is 12.8 Å². The predicted octanol–water partition coefficient (Wildman–Crippen LogP) is 3.47. The Labute approximate surface area is 112 Å². The van der Waals surface area contributed by atoms with Crippen molar-refractivity contribution in [2.45, 2.75) is 37.0 Å². The maximum absolute atomic E-state index is 5.81. The minimum Gasteiger partial charge on any atom is -0.399 e. The molecule has 0 aliphatic heterocycles. The Morgan fingerprint density at radius 3 is 3.00 bits per heavy atom. The molecule has 2 aromatic rings. The normalized spacial score (nSPS) is 24.5. The Morgan fingerprint density at radius 2 is 2.17 bits per heavy atom. The van der Waals surface area contributed by atoms with Crippen LogP contribution in [0.2, 0.25) is 0 Å². The van der Waals surface area contributed by atoms with Gasteiger partial charge in [0.25, 0.3) is 0 Å². The molecule has 0 saturated heterocycles. The fraction of sp³-hybridized carbons (Fsp3) is 0.500. The van der Waals surface area contributed by atoms with Crippen molar-refractivity contribution in [1.82, 2.24) is 9.55 Å². The van der Waals surface area contributed by atoms with Gasteiger partial charge in [0.1, 0.15) is 0 Å². The number of imidazole rings is 1. The second-order valence-corrected chi connectivity index (χ2v) is 6.10. The van der Waals surface area contributed by atoms with Crippen LogP contribution >= 0.6 is 11.8 Å². The Kier molecular flexibility index (Phi) is 3.20. The molecule has 1 saturated carbocycles. The monoisotopic (exact) mass is 261 g/mol.